The second kappa shape index (κ2) is 5.08. The van der Waals surface area contributed by atoms with Crippen molar-refractivity contribution >= 4 is 5.91 Å². The van der Waals surface area contributed by atoms with Gasteiger partial charge in [0.1, 0.15) is 0 Å². The van der Waals surface area contributed by atoms with Crippen molar-refractivity contribution in [1.29, 1.82) is 0 Å². The van der Waals surface area contributed by atoms with Crippen LogP contribution in [-0.2, 0) is 0 Å². The normalized spacial score (nSPS) is 28.6. The lowest BCUT2D eigenvalue weighted by atomic mass is 9.97. The van der Waals surface area contributed by atoms with E-state index in [1.807, 2.05) is 6.92 Å². The quantitative estimate of drug-likeness (QED) is 0.925. The van der Waals surface area contributed by atoms with Crippen LogP contribution in [0, 0.1) is 18.8 Å². The van der Waals surface area contributed by atoms with Crippen molar-refractivity contribution in [3.8, 4) is 0 Å². The van der Waals surface area contributed by atoms with Crippen molar-refractivity contribution < 1.29 is 4.79 Å². The number of aromatic amines is 1. The number of likely N-dealkylation sites (tertiary alicyclic amines) is 1. The van der Waals surface area contributed by atoms with Gasteiger partial charge in [0.25, 0.3) is 5.91 Å². The van der Waals surface area contributed by atoms with Gasteiger partial charge in [-0.05, 0) is 58.5 Å². The molecule has 2 aliphatic carbocycles. The van der Waals surface area contributed by atoms with Crippen LogP contribution in [0.25, 0.3) is 0 Å². The third-order valence-corrected chi connectivity index (χ3v) is 5.66. The van der Waals surface area contributed by atoms with Crippen LogP contribution in [0.4, 0.5) is 0 Å². The zero-order chi connectivity index (χ0) is 15.4. The molecule has 1 aromatic heterocycles. The Labute approximate surface area is 132 Å². The molecule has 5 heteroatoms. The number of H-pyrrole nitrogens is 1. The van der Waals surface area contributed by atoms with E-state index < -0.39 is 0 Å². The molecule has 3 aliphatic rings. The predicted molar refractivity (Wildman–Crippen MR) is 84.9 cm³/mol. The number of nitrogens with zero attached hydrogens (tertiary/aromatic N) is 3. The van der Waals surface area contributed by atoms with E-state index in [0.717, 1.165) is 36.0 Å². The molecule has 0 aromatic carbocycles. The average Bonchev–Trinajstić information content (AvgIpc) is 3.41. The molecule has 2 heterocycles. The van der Waals surface area contributed by atoms with Crippen LogP contribution < -0.4 is 0 Å². The molecule has 1 N–H and O–H groups in total. The highest BCUT2D eigenvalue weighted by Gasteiger charge is 2.45. The molecule has 2 atom stereocenters. The lowest BCUT2D eigenvalue weighted by Gasteiger charge is -2.24. The zero-order valence-corrected chi connectivity index (χ0v) is 13.8. The lowest BCUT2D eigenvalue weighted by molar-refractivity contribution is 0.0778. The van der Waals surface area contributed by atoms with Gasteiger partial charge in [-0.3, -0.25) is 9.89 Å². The Bertz CT molecular complexity index is 575. The minimum Gasteiger partial charge on any atom is -0.337 e. The second-order valence-corrected chi connectivity index (χ2v) is 7.63. The number of aryl methyl sites for hydroxylation is 1. The summed E-state index contributed by atoms with van der Waals surface area (Å²) in [5.74, 6) is 2.19. The molecule has 5 nitrogen and oxygen atoms in total. The molecule has 0 unspecified atom stereocenters. The highest BCUT2D eigenvalue weighted by atomic mass is 16.2. The number of hydrogen-bond acceptors (Lipinski definition) is 3. The van der Waals surface area contributed by atoms with Crippen molar-refractivity contribution in [3.63, 3.8) is 0 Å². The summed E-state index contributed by atoms with van der Waals surface area (Å²) in [5.41, 5.74) is 2.80. The van der Waals surface area contributed by atoms with Crippen molar-refractivity contribution in [2.75, 3.05) is 27.2 Å². The Balaban J connectivity index is 1.57. The van der Waals surface area contributed by atoms with Gasteiger partial charge < -0.3 is 9.80 Å². The van der Waals surface area contributed by atoms with Crippen LogP contribution in [0.15, 0.2) is 0 Å². The first-order valence-electron chi connectivity index (χ1n) is 8.56. The van der Waals surface area contributed by atoms with E-state index in [1.165, 1.54) is 25.7 Å². The first-order valence-corrected chi connectivity index (χ1v) is 8.56. The Morgan fingerprint density at radius 2 is 1.95 bits per heavy atom. The van der Waals surface area contributed by atoms with Gasteiger partial charge in [-0.2, -0.15) is 5.10 Å². The third kappa shape index (κ3) is 2.35. The SMILES string of the molecule is Cc1[nH]nc(C2CC2)c1C(=O)N1C[C@H](C2CC2)[C@@H](N(C)C)C1. The van der Waals surface area contributed by atoms with Gasteiger partial charge in [0.2, 0.25) is 0 Å². The van der Waals surface area contributed by atoms with Gasteiger partial charge in [0.05, 0.1) is 11.3 Å². The molecular formula is C17H26N4O. The van der Waals surface area contributed by atoms with Crippen LogP contribution >= 0.6 is 0 Å². The number of carbonyl (C=O) groups is 1. The summed E-state index contributed by atoms with van der Waals surface area (Å²) in [4.78, 5) is 17.5. The Hall–Kier alpha value is -1.36. The smallest absolute Gasteiger partial charge is 0.257 e. The summed E-state index contributed by atoms with van der Waals surface area (Å²) < 4.78 is 0. The molecular weight excluding hydrogens is 276 g/mol. The molecule has 1 amide bonds. The van der Waals surface area contributed by atoms with E-state index >= 15 is 0 Å². The second-order valence-electron chi connectivity index (χ2n) is 7.63. The number of aromatic nitrogens is 2. The van der Waals surface area contributed by atoms with Gasteiger partial charge in [0, 0.05) is 30.7 Å². The molecule has 1 saturated heterocycles. The van der Waals surface area contributed by atoms with Gasteiger partial charge in [-0.15, -0.1) is 0 Å². The maximum Gasteiger partial charge on any atom is 0.257 e. The van der Waals surface area contributed by atoms with Crippen molar-refractivity contribution in [2.45, 2.75) is 44.6 Å². The molecule has 22 heavy (non-hydrogen) atoms. The van der Waals surface area contributed by atoms with Gasteiger partial charge in [-0.1, -0.05) is 0 Å². The number of nitrogens with one attached hydrogen (secondary N) is 1. The first kappa shape index (κ1) is 14.2. The lowest BCUT2D eigenvalue weighted by Crippen LogP contribution is -2.37. The zero-order valence-electron chi connectivity index (χ0n) is 13.8. The summed E-state index contributed by atoms with van der Waals surface area (Å²) in [7, 11) is 4.29. The Morgan fingerprint density at radius 3 is 2.55 bits per heavy atom. The van der Waals surface area contributed by atoms with Crippen LogP contribution in [0.5, 0.6) is 0 Å². The average molecular weight is 302 g/mol. The third-order valence-electron chi connectivity index (χ3n) is 5.66. The van der Waals surface area contributed by atoms with E-state index in [-0.39, 0.29) is 5.91 Å². The summed E-state index contributed by atoms with van der Waals surface area (Å²) in [6.07, 6.45) is 5.04. The maximum atomic E-state index is 13.1. The van der Waals surface area contributed by atoms with Crippen LogP contribution in [-0.4, -0.2) is 59.1 Å². The molecule has 4 rings (SSSR count). The van der Waals surface area contributed by atoms with Crippen LogP contribution in [0.3, 0.4) is 0 Å². The largest absolute Gasteiger partial charge is 0.337 e. The summed E-state index contributed by atoms with van der Waals surface area (Å²) in [5, 5.41) is 7.44. The first-order chi connectivity index (χ1) is 10.6. The molecule has 3 fully saturated rings. The standard InChI is InChI=1S/C17H26N4O/c1-10-15(16(19-18-10)12-6-7-12)17(22)21-8-13(11-4-5-11)14(9-21)20(2)3/h11-14H,4-9H2,1-3H3,(H,18,19)/t13-,14+/m1/s1. The van der Waals surface area contributed by atoms with Gasteiger partial charge in [-0.25, -0.2) is 0 Å². The fraction of sp³-hybridized carbons (Fsp3) is 0.765. The van der Waals surface area contributed by atoms with Gasteiger partial charge >= 0.3 is 0 Å². The van der Waals surface area contributed by atoms with Crippen molar-refractivity contribution in [2.24, 2.45) is 11.8 Å². The fourth-order valence-electron chi connectivity index (χ4n) is 4.04. The summed E-state index contributed by atoms with van der Waals surface area (Å²) in [6, 6.07) is 0.507. The van der Waals surface area contributed by atoms with Crippen molar-refractivity contribution in [1.82, 2.24) is 20.0 Å². The van der Waals surface area contributed by atoms with Crippen LogP contribution in [0.1, 0.15) is 53.3 Å². The molecule has 1 aromatic rings. The Morgan fingerprint density at radius 1 is 1.23 bits per heavy atom. The number of likely N-dealkylation sites (N-methyl/N-ethyl adjacent to an activating group) is 1. The minimum absolute atomic E-state index is 0.197. The molecule has 0 radical (unpaired) electrons. The van der Waals surface area contributed by atoms with Crippen LogP contribution in [0.2, 0.25) is 0 Å². The molecule has 0 bridgehead atoms. The topological polar surface area (TPSA) is 52.2 Å². The van der Waals surface area contributed by atoms with E-state index in [4.69, 9.17) is 0 Å². The summed E-state index contributed by atoms with van der Waals surface area (Å²) >= 11 is 0. The molecule has 1 aliphatic heterocycles. The van der Waals surface area contributed by atoms with Crippen molar-refractivity contribution in [3.05, 3.63) is 17.0 Å². The molecule has 0 spiro atoms. The van der Waals surface area contributed by atoms with E-state index in [2.05, 4.69) is 34.1 Å². The molecule has 2 saturated carbocycles. The Kier molecular flexibility index (Phi) is 3.29. The minimum atomic E-state index is 0.197. The number of hydrogen-bond donors (Lipinski definition) is 1. The monoisotopic (exact) mass is 302 g/mol. The summed E-state index contributed by atoms with van der Waals surface area (Å²) in [6.45, 7) is 3.76. The van der Waals surface area contributed by atoms with E-state index in [9.17, 15) is 4.79 Å². The maximum absolute atomic E-state index is 13.1. The predicted octanol–water partition coefficient (Wildman–Crippen LogP) is 2.01. The highest BCUT2D eigenvalue weighted by Crippen LogP contribution is 2.44. The molecule has 120 valence electrons. The van der Waals surface area contributed by atoms with Gasteiger partial charge in [0.15, 0.2) is 0 Å². The van der Waals surface area contributed by atoms with E-state index in [0.29, 0.717) is 17.9 Å². The number of carbonyl (C=O) groups excluding carboxylic acids is 1. The number of rotatable bonds is 4. The fourth-order valence-corrected chi connectivity index (χ4v) is 4.04. The number of amides is 1. The van der Waals surface area contributed by atoms with E-state index in [1.54, 1.807) is 0 Å². The highest BCUT2D eigenvalue weighted by molar-refractivity contribution is 5.97.